The van der Waals surface area contributed by atoms with Crippen LogP contribution in [-0.4, -0.2) is 15.0 Å². The number of sulfonamides is 1. The fourth-order valence-electron chi connectivity index (χ4n) is 5.24. The van der Waals surface area contributed by atoms with E-state index in [4.69, 9.17) is 0 Å². The van der Waals surface area contributed by atoms with Crippen molar-refractivity contribution in [2.45, 2.75) is 43.4 Å². The number of thiophene rings is 1. The molecule has 1 aromatic heterocycles. The summed E-state index contributed by atoms with van der Waals surface area (Å²) < 4.78 is 27.5. The van der Waals surface area contributed by atoms with Crippen LogP contribution in [0.25, 0.3) is 0 Å². The highest BCUT2D eigenvalue weighted by Gasteiger charge is 2.50. The van der Waals surface area contributed by atoms with Gasteiger partial charge in [0.1, 0.15) is 0 Å². The first-order valence-corrected chi connectivity index (χ1v) is 9.99. The molecule has 4 fully saturated rings. The molecule has 0 atom stereocenters. The monoisotopic (exact) mass is 311 g/mol. The molecule has 20 heavy (non-hydrogen) atoms. The third-order valence-electron chi connectivity index (χ3n) is 5.61. The molecule has 5 heteroatoms. The van der Waals surface area contributed by atoms with E-state index in [0.717, 1.165) is 17.8 Å². The van der Waals surface area contributed by atoms with Crippen molar-refractivity contribution in [3.05, 3.63) is 16.8 Å². The summed E-state index contributed by atoms with van der Waals surface area (Å²) in [6, 6.07) is 1.69. The van der Waals surface area contributed by atoms with Crippen LogP contribution in [-0.2, 0) is 10.0 Å². The molecule has 0 aliphatic heterocycles. The first-order chi connectivity index (χ1) is 9.55. The molecule has 1 heterocycles. The third-order valence-corrected chi connectivity index (χ3v) is 7.84. The first-order valence-electron chi connectivity index (χ1n) is 7.57. The van der Waals surface area contributed by atoms with Crippen LogP contribution in [0.4, 0.5) is 0 Å². The maximum atomic E-state index is 12.3. The SMILES string of the molecule is O=S(=O)(NCC12CC3CC(CC(C3)C1)C2)c1ccsc1. The van der Waals surface area contributed by atoms with Gasteiger partial charge in [0, 0.05) is 11.9 Å². The summed E-state index contributed by atoms with van der Waals surface area (Å²) in [6.45, 7) is 0.648. The molecule has 4 saturated carbocycles. The molecule has 4 aliphatic carbocycles. The van der Waals surface area contributed by atoms with Gasteiger partial charge in [0.15, 0.2) is 0 Å². The Hall–Kier alpha value is -0.390. The van der Waals surface area contributed by atoms with Gasteiger partial charge in [0.05, 0.1) is 4.90 Å². The first kappa shape index (κ1) is 13.3. The summed E-state index contributed by atoms with van der Waals surface area (Å²) in [5.41, 5.74) is 0.262. The summed E-state index contributed by atoms with van der Waals surface area (Å²) in [5, 5.41) is 3.53. The summed E-state index contributed by atoms with van der Waals surface area (Å²) in [5.74, 6) is 2.60. The zero-order valence-corrected chi connectivity index (χ0v) is 13.2. The molecule has 3 nitrogen and oxygen atoms in total. The topological polar surface area (TPSA) is 46.2 Å². The second-order valence-electron chi connectivity index (χ2n) is 7.20. The van der Waals surface area contributed by atoms with Gasteiger partial charge in [-0.1, -0.05) is 0 Å². The van der Waals surface area contributed by atoms with E-state index >= 15 is 0 Å². The van der Waals surface area contributed by atoms with Gasteiger partial charge in [-0.05, 0) is 73.1 Å². The van der Waals surface area contributed by atoms with Gasteiger partial charge in [0.25, 0.3) is 0 Å². The smallest absolute Gasteiger partial charge is 0.211 e. The Morgan fingerprint density at radius 1 is 1.15 bits per heavy atom. The zero-order chi connectivity index (χ0) is 13.8. The molecule has 1 aromatic rings. The van der Waals surface area contributed by atoms with E-state index in [1.54, 1.807) is 11.4 Å². The van der Waals surface area contributed by atoms with Crippen LogP contribution in [0.2, 0.25) is 0 Å². The average Bonchev–Trinajstić information content (AvgIpc) is 2.90. The number of nitrogens with one attached hydrogen (secondary N) is 1. The van der Waals surface area contributed by atoms with E-state index in [2.05, 4.69) is 4.72 Å². The summed E-state index contributed by atoms with van der Waals surface area (Å²) in [7, 11) is -3.30. The molecule has 0 spiro atoms. The molecule has 4 aliphatic rings. The molecule has 5 rings (SSSR count). The van der Waals surface area contributed by atoms with E-state index in [0.29, 0.717) is 11.4 Å². The Balaban J connectivity index is 1.50. The van der Waals surface area contributed by atoms with E-state index in [9.17, 15) is 8.42 Å². The van der Waals surface area contributed by atoms with Crippen LogP contribution in [0.5, 0.6) is 0 Å². The minimum Gasteiger partial charge on any atom is -0.211 e. The van der Waals surface area contributed by atoms with Crippen molar-refractivity contribution in [1.29, 1.82) is 0 Å². The Morgan fingerprint density at radius 2 is 1.75 bits per heavy atom. The highest BCUT2D eigenvalue weighted by molar-refractivity contribution is 7.89. The molecular weight excluding hydrogens is 290 g/mol. The standard InChI is InChI=1S/C15H21NO2S2/c17-20(18,14-1-2-19-9-14)16-10-15-6-11-3-12(7-15)5-13(4-11)8-15/h1-2,9,11-13,16H,3-8,10H2. The Kier molecular flexibility index (Phi) is 3.02. The van der Waals surface area contributed by atoms with Gasteiger partial charge in [-0.2, -0.15) is 11.3 Å². The van der Waals surface area contributed by atoms with Crippen molar-refractivity contribution in [2.24, 2.45) is 23.2 Å². The van der Waals surface area contributed by atoms with Crippen molar-refractivity contribution >= 4 is 21.4 Å². The highest BCUT2D eigenvalue weighted by atomic mass is 32.2. The highest BCUT2D eigenvalue weighted by Crippen LogP contribution is 2.59. The largest absolute Gasteiger partial charge is 0.241 e. The molecule has 0 aromatic carbocycles. The lowest BCUT2D eigenvalue weighted by atomic mass is 9.50. The lowest BCUT2D eigenvalue weighted by Gasteiger charge is -2.56. The normalized spacial score (nSPS) is 39.3. The van der Waals surface area contributed by atoms with E-state index in [1.807, 2.05) is 5.38 Å². The second kappa shape index (κ2) is 4.55. The molecule has 0 saturated heterocycles. The quantitative estimate of drug-likeness (QED) is 0.928. The van der Waals surface area contributed by atoms with Crippen LogP contribution in [0.3, 0.4) is 0 Å². The number of rotatable bonds is 4. The van der Waals surface area contributed by atoms with E-state index in [-0.39, 0.29) is 5.41 Å². The molecule has 1 N–H and O–H groups in total. The fraction of sp³-hybridized carbons (Fsp3) is 0.733. The fourth-order valence-corrected chi connectivity index (χ4v) is 7.43. The second-order valence-corrected chi connectivity index (χ2v) is 9.75. The van der Waals surface area contributed by atoms with Crippen molar-refractivity contribution < 1.29 is 8.42 Å². The zero-order valence-electron chi connectivity index (χ0n) is 11.5. The Morgan fingerprint density at radius 3 is 2.25 bits per heavy atom. The van der Waals surface area contributed by atoms with Gasteiger partial charge in [0.2, 0.25) is 10.0 Å². The summed E-state index contributed by atoms with van der Waals surface area (Å²) in [6.07, 6.45) is 7.92. The minimum atomic E-state index is -3.30. The van der Waals surface area contributed by atoms with Crippen LogP contribution in [0.1, 0.15) is 38.5 Å². The van der Waals surface area contributed by atoms with Gasteiger partial charge in [-0.3, -0.25) is 0 Å². The predicted octanol–water partition coefficient (Wildman–Crippen LogP) is 3.24. The van der Waals surface area contributed by atoms with Crippen molar-refractivity contribution in [3.8, 4) is 0 Å². The van der Waals surface area contributed by atoms with Gasteiger partial charge in [-0.15, -0.1) is 0 Å². The molecule has 4 bridgehead atoms. The van der Waals surface area contributed by atoms with E-state index in [1.165, 1.54) is 49.9 Å². The average molecular weight is 311 g/mol. The maximum Gasteiger partial charge on any atom is 0.241 e. The van der Waals surface area contributed by atoms with Gasteiger partial charge >= 0.3 is 0 Å². The maximum absolute atomic E-state index is 12.3. The molecule has 110 valence electrons. The molecule has 0 radical (unpaired) electrons. The van der Waals surface area contributed by atoms with Crippen molar-refractivity contribution in [3.63, 3.8) is 0 Å². The third kappa shape index (κ3) is 2.24. The van der Waals surface area contributed by atoms with Crippen LogP contribution in [0, 0.1) is 23.2 Å². The van der Waals surface area contributed by atoms with Gasteiger partial charge in [-0.25, -0.2) is 13.1 Å². The minimum absolute atomic E-state index is 0.262. The Labute approximate surface area is 124 Å². The van der Waals surface area contributed by atoms with Crippen LogP contribution >= 0.6 is 11.3 Å². The number of hydrogen-bond acceptors (Lipinski definition) is 3. The summed E-state index contributed by atoms with van der Waals surface area (Å²) in [4.78, 5) is 0.423. The van der Waals surface area contributed by atoms with Crippen molar-refractivity contribution in [2.75, 3.05) is 6.54 Å². The number of hydrogen-bond donors (Lipinski definition) is 1. The Bertz CT molecular complexity index is 556. The predicted molar refractivity (Wildman–Crippen MR) is 80.1 cm³/mol. The molecule has 0 unspecified atom stereocenters. The lowest BCUT2D eigenvalue weighted by Crippen LogP contribution is -2.51. The summed E-state index contributed by atoms with van der Waals surface area (Å²) >= 11 is 1.43. The van der Waals surface area contributed by atoms with Crippen LogP contribution < -0.4 is 4.72 Å². The molecular formula is C15H21NO2S2. The molecule has 0 amide bonds. The van der Waals surface area contributed by atoms with Crippen molar-refractivity contribution in [1.82, 2.24) is 4.72 Å². The van der Waals surface area contributed by atoms with E-state index < -0.39 is 10.0 Å². The van der Waals surface area contributed by atoms with Crippen LogP contribution in [0.15, 0.2) is 21.7 Å². The lowest BCUT2D eigenvalue weighted by molar-refractivity contribution is -0.0487. The van der Waals surface area contributed by atoms with Gasteiger partial charge < -0.3 is 0 Å².